The molecule has 0 aliphatic rings. The van der Waals surface area contributed by atoms with Gasteiger partial charge in [-0.3, -0.25) is 4.79 Å². The van der Waals surface area contributed by atoms with Crippen LogP contribution in [0.5, 0.6) is 5.75 Å². The van der Waals surface area contributed by atoms with Crippen LogP contribution in [0.3, 0.4) is 0 Å². The highest BCUT2D eigenvalue weighted by Crippen LogP contribution is 2.25. The van der Waals surface area contributed by atoms with Crippen molar-refractivity contribution in [1.29, 1.82) is 0 Å². The molecule has 0 unspecified atom stereocenters. The van der Waals surface area contributed by atoms with Crippen molar-refractivity contribution in [3.05, 3.63) is 99.6 Å². The summed E-state index contributed by atoms with van der Waals surface area (Å²) in [6.45, 7) is 1.53. The van der Waals surface area contributed by atoms with Crippen LogP contribution in [0.1, 0.15) is 44.8 Å². The minimum Gasteiger partial charge on any atom is -0.488 e. The van der Waals surface area contributed by atoms with E-state index in [9.17, 15) is 18.4 Å². The van der Waals surface area contributed by atoms with E-state index in [1.165, 1.54) is 36.4 Å². The van der Waals surface area contributed by atoms with Crippen LogP contribution in [-0.2, 0) is 6.61 Å². The number of ether oxygens (including phenoxy) is 1. The van der Waals surface area contributed by atoms with E-state index >= 15 is 0 Å². The standard InChI is InChI=1S/C23H18ClF2NO4/c1-13(14-2-4-15(5-3-14)23(29)30)27-22(28)19-10-17(24)7-9-21(19)31-12-16-6-8-18(25)11-20(16)26/h2-11,13H,12H2,1H3,(H,27,28)(H,29,30)/t13-/m0/s1. The number of benzene rings is 3. The number of carbonyl (C=O) groups is 2. The van der Waals surface area contributed by atoms with Gasteiger partial charge in [0.05, 0.1) is 17.2 Å². The lowest BCUT2D eigenvalue weighted by Gasteiger charge is -2.17. The molecule has 0 saturated heterocycles. The topological polar surface area (TPSA) is 75.6 Å². The molecule has 160 valence electrons. The van der Waals surface area contributed by atoms with E-state index in [4.69, 9.17) is 21.4 Å². The lowest BCUT2D eigenvalue weighted by atomic mass is 10.1. The second-order valence-electron chi connectivity index (χ2n) is 6.79. The molecule has 0 spiro atoms. The van der Waals surface area contributed by atoms with Crippen molar-refractivity contribution >= 4 is 23.5 Å². The summed E-state index contributed by atoms with van der Waals surface area (Å²) >= 11 is 6.03. The molecule has 8 heteroatoms. The Bertz CT molecular complexity index is 1120. The number of rotatable bonds is 7. The number of nitrogens with one attached hydrogen (secondary N) is 1. The van der Waals surface area contributed by atoms with Gasteiger partial charge in [0.1, 0.15) is 24.0 Å². The van der Waals surface area contributed by atoms with Gasteiger partial charge in [-0.15, -0.1) is 0 Å². The zero-order valence-corrected chi connectivity index (χ0v) is 17.1. The fourth-order valence-corrected chi connectivity index (χ4v) is 3.04. The Morgan fingerprint density at radius 1 is 1.06 bits per heavy atom. The molecule has 3 rings (SSSR count). The summed E-state index contributed by atoms with van der Waals surface area (Å²) in [5.74, 6) is -2.79. The lowest BCUT2D eigenvalue weighted by molar-refractivity contribution is 0.0696. The third kappa shape index (κ3) is 5.58. The van der Waals surface area contributed by atoms with Crippen molar-refractivity contribution in [2.75, 3.05) is 0 Å². The first kappa shape index (κ1) is 22.2. The van der Waals surface area contributed by atoms with Gasteiger partial charge >= 0.3 is 5.97 Å². The van der Waals surface area contributed by atoms with Gasteiger partial charge in [0.15, 0.2) is 0 Å². The highest BCUT2D eigenvalue weighted by Gasteiger charge is 2.18. The molecule has 0 heterocycles. The summed E-state index contributed by atoms with van der Waals surface area (Å²) in [5.41, 5.74) is 1.12. The molecule has 3 aromatic carbocycles. The SMILES string of the molecule is C[C@H](NC(=O)c1cc(Cl)ccc1OCc1ccc(F)cc1F)c1ccc(C(=O)O)cc1. The zero-order chi connectivity index (χ0) is 22.5. The van der Waals surface area contributed by atoms with E-state index in [0.717, 1.165) is 12.1 Å². The molecule has 2 N–H and O–H groups in total. The maximum absolute atomic E-state index is 13.9. The highest BCUT2D eigenvalue weighted by atomic mass is 35.5. The smallest absolute Gasteiger partial charge is 0.335 e. The van der Waals surface area contributed by atoms with Crippen molar-refractivity contribution in [1.82, 2.24) is 5.32 Å². The predicted octanol–water partition coefficient (Wildman–Crippen LogP) is 5.39. The largest absolute Gasteiger partial charge is 0.488 e. The zero-order valence-electron chi connectivity index (χ0n) is 16.4. The fourth-order valence-electron chi connectivity index (χ4n) is 2.87. The monoisotopic (exact) mass is 445 g/mol. The summed E-state index contributed by atoms with van der Waals surface area (Å²) < 4.78 is 32.5. The van der Waals surface area contributed by atoms with Crippen LogP contribution in [-0.4, -0.2) is 17.0 Å². The number of carboxylic acids is 1. The first-order chi connectivity index (χ1) is 14.7. The number of amides is 1. The molecule has 0 radical (unpaired) electrons. The first-order valence-electron chi connectivity index (χ1n) is 9.25. The average molecular weight is 446 g/mol. The molecule has 1 atom stereocenters. The predicted molar refractivity (Wildman–Crippen MR) is 111 cm³/mol. The van der Waals surface area contributed by atoms with E-state index in [0.29, 0.717) is 10.6 Å². The summed E-state index contributed by atoms with van der Waals surface area (Å²) in [7, 11) is 0. The molecule has 5 nitrogen and oxygen atoms in total. The Hall–Kier alpha value is -3.45. The molecule has 3 aromatic rings. The molecule has 1 amide bonds. The van der Waals surface area contributed by atoms with Gasteiger partial charge in [0.2, 0.25) is 0 Å². The van der Waals surface area contributed by atoms with Crippen LogP contribution >= 0.6 is 11.6 Å². The van der Waals surface area contributed by atoms with Crippen LogP contribution in [0.25, 0.3) is 0 Å². The third-order valence-corrected chi connectivity index (χ3v) is 4.82. The van der Waals surface area contributed by atoms with Crippen LogP contribution in [0.2, 0.25) is 5.02 Å². The summed E-state index contributed by atoms with van der Waals surface area (Å²) in [5, 5.41) is 12.1. The van der Waals surface area contributed by atoms with Crippen molar-refractivity contribution in [3.8, 4) is 5.75 Å². The van der Waals surface area contributed by atoms with E-state index < -0.39 is 29.6 Å². The van der Waals surface area contributed by atoms with Crippen molar-refractivity contribution < 1.29 is 28.2 Å². The van der Waals surface area contributed by atoms with Crippen LogP contribution in [0.15, 0.2) is 60.7 Å². The van der Waals surface area contributed by atoms with E-state index in [2.05, 4.69) is 5.32 Å². The Kier molecular flexibility index (Phi) is 6.87. The lowest BCUT2D eigenvalue weighted by Crippen LogP contribution is -2.27. The second kappa shape index (κ2) is 9.57. The molecule has 0 fully saturated rings. The van der Waals surface area contributed by atoms with Gasteiger partial charge < -0.3 is 15.2 Å². The summed E-state index contributed by atoms with van der Waals surface area (Å²) in [6.07, 6.45) is 0. The van der Waals surface area contributed by atoms with Crippen LogP contribution in [0, 0.1) is 11.6 Å². The Morgan fingerprint density at radius 3 is 2.42 bits per heavy atom. The number of hydrogen-bond donors (Lipinski definition) is 2. The van der Waals surface area contributed by atoms with Crippen molar-refractivity contribution in [2.24, 2.45) is 0 Å². The minimum atomic E-state index is -1.04. The fraction of sp³-hybridized carbons (Fsp3) is 0.130. The Morgan fingerprint density at radius 2 is 1.77 bits per heavy atom. The second-order valence-corrected chi connectivity index (χ2v) is 7.22. The normalized spacial score (nSPS) is 11.6. The third-order valence-electron chi connectivity index (χ3n) is 4.59. The summed E-state index contributed by atoms with van der Waals surface area (Å²) in [4.78, 5) is 23.8. The molecule has 0 aliphatic heterocycles. The molecule has 0 aliphatic carbocycles. The summed E-state index contributed by atoms with van der Waals surface area (Å²) in [6, 6.07) is 13.3. The molecule has 0 aromatic heterocycles. The van der Waals surface area contributed by atoms with E-state index in [1.807, 2.05) is 0 Å². The van der Waals surface area contributed by atoms with Crippen molar-refractivity contribution in [3.63, 3.8) is 0 Å². The number of carbonyl (C=O) groups excluding carboxylic acids is 1. The van der Waals surface area contributed by atoms with Gasteiger partial charge in [-0.2, -0.15) is 0 Å². The highest BCUT2D eigenvalue weighted by molar-refractivity contribution is 6.31. The number of hydrogen-bond acceptors (Lipinski definition) is 3. The van der Waals surface area contributed by atoms with Crippen molar-refractivity contribution in [2.45, 2.75) is 19.6 Å². The Labute approximate surface area is 182 Å². The Balaban J connectivity index is 1.75. The molecule has 0 bridgehead atoms. The van der Waals surface area contributed by atoms with Gasteiger partial charge in [-0.05, 0) is 55.0 Å². The van der Waals surface area contributed by atoms with E-state index in [-0.39, 0.29) is 29.0 Å². The van der Waals surface area contributed by atoms with Gasteiger partial charge in [-0.1, -0.05) is 23.7 Å². The molecular weight excluding hydrogens is 428 g/mol. The molecule has 0 saturated carbocycles. The van der Waals surface area contributed by atoms with Crippen LogP contribution in [0.4, 0.5) is 8.78 Å². The maximum atomic E-state index is 13.9. The van der Waals surface area contributed by atoms with Gasteiger partial charge in [0.25, 0.3) is 5.91 Å². The van der Waals surface area contributed by atoms with Crippen LogP contribution < -0.4 is 10.1 Å². The number of carboxylic acid groups (broad SMARTS) is 1. The van der Waals surface area contributed by atoms with Gasteiger partial charge in [-0.25, -0.2) is 13.6 Å². The number of aromatic carboxylic acids is 1. The first-order valence-corrected chi connectivity index (χ1v) is 9.63. The maximum Gasteiger partial charge on any atom is 0.335 e. The average Bonchev–Trinajstić information content (AvgIpc) is 2.73. The quantitative estimate of drug-likeness (QED) is 0.511. The molecule has 31 heavy (non-hydrogen) atoms. The van der Waals surface area contributed by atoms with Gasteiger partial charge in [0, 0.05) is 16.7 Å². The molecular formula is C23H18ClF2NO4. The van der Waals surface area contributed by atoms with E-state index in [1.54, 1.807) is 19.1 Å². The number of halogens is 3. The minimum absolute atomic E-state index is 0.134.